The van der Waals surface area contributed by atoms with Gasteiger partial charge in [0.2, 0.25) is 0 Å². The number of fused-ring (bicyclic) bond motifs is 2. The van der Waals surface area contributed by atoms with Crippen molar-refractivity contribution >= 4 is 0 Å². The van der Waals surface area contributed by atoms with Gasteiger partial charge in [-0.25, -0.2) is 0 Å². The van der Waals surface area contributed by atoms with E-state index in [0.29, 0.717) is 0 Å². The summed E-state index contributed by atoms with van der Waals surface area (Å²) in [6.45, 7) is 11.8. The minimum absolute atomic E-state index is 0.378. The minimum atomic E-state index is -0.620. The van der Waals surface area contributed by atoms with E-state index in [2.05, 4.69) is 0 Å². The quantitative estimate of drug-likeness (QED) is 0.579. The van der Waals surface area contributed by atoms with Gasteiger partial charge < -0.3 is 14.2 Å². The fraction of sp³-hybridized carbons (Fsp3) is 1.00. The Hall–Kier alpha value is -0.120. The zero-order valence-electron chi connectivity index (χ0n) is 9.22. The maximum absolute atomic E-state index is 5.91. The Bertz CT molecular complexity index is 225. The molecular weight excluding hydrogens is 168 g/mol. The molecule has 0 saturated carbocycles. The lowest BCUT2D eigenvalue weighted by Gasteiger charge is -2.43. The summed E-state index contributed by atoms with van der Waals surface area (Å²) in [6.07, 6.45) is 0. The van der Waals surface area contributed by atoms with Crippen LogP contribution >= 0.6 is 0 Å². The molecule has 2 fully saturated rings. The van der Waals surface area contributed by atoms with Crippen molar-refractivity contribution in [3.05, 3.63) is 0 Å². The van der Waals surface area contributed by atoms with Crippen LogP contribution in [0.3, 0.4) is 0 Å². The van der Waals surface area contributed by atoms with E-state index in [1.807, 2.05) is 41.5 Å². The normalized spacial score (nSPS) is 51.2. The molecule has 2 bridgehead atoms. The SMILES string of the molecule is CC1(C)OC2(C)OC1(C)OC2(C)C. The van der Waals surface area contributed by atoms with Crippen molar-refractivity contribution in [2.24, 2.45) is 0 Å². The standard InChI is InChI=1S/C10H18O3/c1-7(2)9(5)12-8(3,4)10(6,11-7)13-9/h1-6H3. The molecule has 2 aliphatic rings. The summed E-state index contributed by atoms with van der Waals surface area (Å²) in [5.41, 5.74) is -0.755. The molecule has 2 rings (SSSR count). The van der Waals surface area contributed by atoms with Gasteiger partial charge >= 0.3 is 0 Å². The summed E-state index contributed by atoms with van der Waals surface area (Å²) in [7, 11) is 0. The Balaban J connectivity index is 2.44. The number of hydrogen-bond acceptors (Lipinski definition) is 3. The van der Waals surface area contributed by atoms with E-state index in [1.165, 1.54) is 0 Å². The zero-order valence-corrected chi connectivity index (χ0v) is 9.22. The highest BCUT2D eigenvalue weighted by atomic mass is 16.9. The molecule has 2 aliphatic heterocycles. The van der Waals surface area contributed by atoms with Crippen LogP contribution in [-0.2, 0) is 14.2 Å². The van der Waals surface area contributed by atoms with Crippen LogP contribution in [0.2, 0.25) is 0 Å². The Morgan fingerprint density at radius 1 is 0.538 bits per heavy atom. The van der Waals surface area contributed by atoms with E-state index in [1.54, 1.807) is 0 Å². The lowest BCUT2D eigenvalue weighted by molar-refractivity contribution is -0.280. The van der Waals surface area contributed by atoms with Gasteiger partial charge in [-0.05, 0) is 41.5 Å². The summed E-state index contributed by atoms with van der Waals surface area (Å²) < 4.78 is 17.6. The molecule has 3 nitrogen and oxygen atoms in total. The van der Waals surface area contributed by atoms with Crippen LogP contribution in [0.15, 0.2) is 0 Å². The van der Waals surface area contributed by atoms with Crippen molar-refractivity contribution < 1.29 is 14.2 Å². The molecule has 0 amide bonds. The van der Waals surface area contributed by atoms with E-state index < -0.39 is 11.6 Å². The van der Waals surface area contributed by atoms with Crippen molar-refractivity contribution in [1.82, 2.24) is 0 Å². The summed E-state index contributed by atoms with van der Waals surface area (Å²) >= 11 is 0. The lowest BCUT2D eigenvalue weighted by Crippen LogP contribution is -2.57. The molecule has 0 spiro atoms. The molecule has 0 aromatic rings. The summed E-state index contributed by atoms with van der Waals surface area (Å²) in [5.74, 6) is -1.24. The van der Waals surface area contributed by atoms with E-state index in [9.17, 15) is 0 Å². The molecule has 0 aliphatic carbocycles. The monoisotopic (exact) mass is 186 g/mol. The smallest absolute Gasteiger partial charge is 0.198 e. The average Bonchev–Trinajstić information content (AvgIpc) is 2.05. The second kappa shape index (κ2) is 1.95. The molecule has 76 valence electrons. The first-order chi connectivity index (χ1) is 5.62. The molecule has 0 aromatic heterocycles. The van der Waals surface area contributed by atoms with Gasteiger partial charge in [0.05, 0.1) is 0 Å². The van der Waals surface area contributed by atoms with Crippen LogP contribution in [0.4, 0.5) is 0 Å². The van der Waals surface area contributed by atoms with E-state index in [4.69, 9.17) is 14.2 Å². The van der Waals surface area contributed by atoms with Gasteiger partial charge in [0, 0.05) is 0 Å². The van der Waals surface area contributed by atoms with Crippen LogP contribution in [0.25, 0.3) is 0 Å². The van der Waals surface area contributed by atoms with E-state index in [-0.39, 0.29) is 11.2 Å². The third-order valence-corrected chi connectivity index (χ3v) is 3.48. The molecule has 13 heavy (non-hydrogen) atoms. The van der Waals surface area contributed by atoms with Crippen LogP contribution < -0.4 is 0 Å². The maximum Gasteiger partial charge on any atom is 0.198 e. The van der Waals surface area contributed by atoms with Gasteiger partial charge in [-0.2, -0.15) is 0 Å². The summed E-state index contributed by atoms with van der Waals surface area (Å²) in [6, 6.07) is 0. The zero-order chi connectivity index (χ0) is 10.1. The van der Waals surface area contributed by atoms with Gasteiger partial charge in [0.1, 0.15) is 11.2 Å². The van der Waals surface area contributed by atoms with Crippen LogP contribution in [0.5, 0.6) is 0 Å². The van der Waals surface area contributed by atoms with E-state index in [0.717, 1.165) is 0 Å². The van der Waals surface area contributed by atoms with Gasteiger partial charge in [0.15, 0.2) is 11.6 Å². The van der Waals surface area contributed by atoms with Crippen molar-refractivity contribution in [3.63, 3.8) is 0 Å². The first-order valence-corrected chi connectivity index (χ1v) is 4.72. The second-order valence-corrected chi connectivity index (χ2v) is 5.22. The first kappa shape index (κ1) is 9.44. The Labute approximate surface area is 79.4 Å². The Morgan fingerprint density at radius 3 is 1.00 bits per heavy atom. The molecule has 0 radical (unpaired) electrons. The van der Waals surface area contributed by atoms with Gasteiger partial charge in [0.25, 0.3) is 0 Å². The number of rotatable bonds is 0. The Morgan fingerprint density at radius 2 is 0.846 bits per heavy atom. The molecule has 2 saturated heterocycles. The number of hydrogen-bond donors (Lipinski definition) is 0. The third kappa shape index (κ3) is 0.901. The molecular formula is C10H18O3. The molecule has 2 unspecified atom stereocenters. The predicted octanol–water partition coefficient (Wildman–Crippen LogP) is 2.05. The first-order valence-electron chi connectivity index (χ1n) is 4.72. The number of ether oxygens (including phenoxy) is 3. The highest BCUT2D eigenvalue weighted by molar-refractivity contribution is 5.08. The highest BCUT2D eigenvalue weighted by Crippen LogP contribution is 2.57. The topological polar surface area (TPSA) is 27.7 Å². The summed E-state index contributed by atoms with van der Waals surface area (Å²) in [4.78, 5) is 0. The largest absolute Gasteiger partial charge is 0.336 e. The van der Waals surface area contributed by atoms with Gasteiger partial charge in [-0.15, -0.1) is 0 Å². The van der Waals surface area contributed by atoms with Crippen molar-refractivity contribution in [2.45, 2.75) is 64.3 Å². The molecule has 2 heterocycles. The molecule has 0 aromatic carbocycles. The average molecular weight is 186 g/mol. The maximum atomic E-state index is 5.91. The predicted molar refractivity (Wildman–Crippen MR) is 48.2 cm³/mol. The minimum Gasteiger partial charge on any atom is -0.336 e. The Kier molecular flexibility index (Phi) is 1.41. The van der Waals surface area contributed by atoms with Crippen molar-refractivity contribution in [2.75, 3.05) is 0 Å². The second-order valence-electron chi connectivity index (χ2n) is 5.22. The van der Waals surface area contributed by atoms with E-state index >= 15 is 0 Å². The molecule has 3 heteroatoms. The highest BCUT2D eigenvalue weighted by Gasteiger charge is 2.72. The van der Waals surface area contributed by atoms with Gasteiger partial charge in [-0.1, -0.05) is 0 Å². The van der Waals surface area contributed by atoms with Crippen LogP contribution in [0, 0.1) is 0 Å². The molecule has 2 atom stereocenters. The fourth-order valence-corrected chi connectivity index (χ4v) is 2.06. The molecule has 0 N–H and O–H groups in total. The summed E-state index contributed by atoms with van der Waals surface area (Å²) in [5, 5.41) is 0. The van der Waals surface area contributed by atoms with Gasteiger partial charge in [-0.3, -0.25) is 0 Å². The van der Waals surface area contributed by atoms with Crippen molar-refractivity contribution in [1.29, 1.82) is 0 Å². The van der Waals surface area contributed by atoms with Crippen molar-refractivity contribution in [3.8, 4) is 0 Å². The fourth-order valence-electron chi connectivity index (χ4n) is 2.06. The van der Waals surface area contributed by atoms with Crippen LogP contribution in [0.1, 0.15) is 41.5 Å². The van der Waals surface area contributed by atoms with Crippen LogP contribution in [-0.4, -0.2) is 22.8 Å². The lowest BCUT2D eigenvalue weighted by atomic mass is 9.94. The third-order valence-electron chi connectivity index (χ3n) is 3.48.